The van der Waals surface area contributed by atoms with Gasteiger partial charge in [-0.3, -0.25) is 4.79 Å². The van der Waals surface area contributed by atoms with Crippen molar-refractivity contribution in [1.29, 1.82) is 0 Å². The van der Waals surface area contributed by atoms with Crippen LogP contribution in [0.3, 0.4) is 0 Å². The number of nitrogens with two attached hydrogens (primary N) is 1. The maximum Gasteiger partial charge on any atom is 0.248 e. The predicted octanol–water partition coefficient (Wildman–Crippen LogP) is 1.44. The number of carbonyl (C=O) groups is 1. The SMILES string of the molecule is CCc1ccc(OCC(O)Cn2nnc(-c3ccc(C(N)=O)cc3)n2)cc1. The highest BCUT2D eigenvalue weighted by Gasteiger charge is 2.12. The monoisotopic (exact) mass is 367 g/mol. The van der Waals surface area contributed by atoms with Crippen molar-refractivity contribution in [3.63, 3.8) is 0 Å². The summed E-state index contributed by atoms with van der Waals surface area (Å²) in [5, 5.41) is 22.3. The predicted molar refractivity (Wildman–Crippen MR) is 99.1 cm³/mol. The summed E-state index contributed by atoms with van der Waals surface area (Å²) in [5.74, 6) is 0.605. The molecular weight excluding hydrogens is 346 g/mol. The smallest absolute Gasteiger partial charge is 0.248 e. The van der Waals surface area contributed by atoms with Gasteiger partial charge >= 0.3 is 0 Å². The molecule has 140 valence electrons. The van der Waals surface area contributed by atoms with Gasteiger partial charge in [0.15, 0.2) is 0 Å². The second-order valence-electron chi connectivity index (χ2n) is 6.07. The van der Waals surface area contributed by atoms with Gasteiger partial charge in [0.25, 0.3) is 0 Å². The number of aryl methyl sites for hydroxylation is 1. The number of ether oxygens (including phenoxy) is 1. The molecule has 0 radical (unpaired) electrons. The summed E-state index contributed by atoms with van der Waals surface area (Å²) < 4.78 is 5.58. The molecule has 0 fully saturated rings. The minimum absolute atomic E-state index is 0.121. The van der Waals surface area contributed by atoms with Crippen LogP contribution < -0.4 is 10.5 Å². The van der Waals surface area contributed by atoms with Crippen molar-refractivity contribution in [1.82, 2.24) is 20.2 Å². The average Bonchev–Trinajstić information content (AvgIpc) is 3.15. The van der Waals surface area contributed by atoms with Crippen molar-refractivity contribution >= 4 is 5.91 Å². The first-order valence-corrected chi connectivity index (χ1v) is 8.63. The summed E-state index contributed by atoms with van der Waals surface area (Å²) >= 11 is 0. The Morgan fingerprint density at radius 1 is 1.19 bits per heavy atom. The molecule has 0 spiro atoms. The standard InChI is InChI=1S/C19H21N5O3/c1-2-13-3-9-17(10-4-13)27-12-16(25)11-24-22-19(21-23-24)15-7-5-14(6-8-15)18(20)26/h3-10,16,25H,2,11-12H2,1H3,(H2,20,26). The number of carbonyl (C=O) groups excluding carboxylic acids is 1. The summed E-state index contributed by atoms with van der Waals surface area (Å²) in [6, 6.07) is 14.4. The van der Waals surface area contributed by atoms with Crippen molar-refractivity contribution in [3.8, 4) is 17.1 Å². The first-order valence-electron chi connectivity index (χ1n) is 8.63. The van der Waals surface area contributed by atoms with Crippen molar-refractivity contribution < 1.29 is 14.6 Å². The molecule has 2 aromatic carbocycles. The number of hydrogen-bond donors (Lipinski definition) is 2. The third-order valence-corrected chi connectivity index (χ3v) is 4.03. The van der Waals surface area contributed by atoms with Gasteiger partial charge in [-0.25, -0.2) is 0 Å². The molecule has 1 unspecified atom stereocenters. The van der Waals surface area contributed by atoms with Crippen LogP contribution in [0.1, 0.15) is 22.8 Å². The zero-order valence-electron chi connectivity index (χ0n) is 14.9. The molecule has 0 bridgehead atoms. The van der Waals surface area contributed by atoms with Crippen molar-refractivity contribution in [2.75, 3.05) is 6.61 Å². The van der Waals surface area contributed by atoms with Gasteiger partial charge < -0.3 is 15.6 Å². The average molecular weight is 367 g/mol. The van der Waals surface area contributed by atoms with E-state index >= 15 is 0 Å². The number of amides is 1. The lowest BCUT2D eigenvalue weighted by Crippen LogP contribution is -2.25. The molecule has 0 saturated heterocycles. The van der Waals surface area contributed by atoms with Gasteiger partial charge in [0.05, 0.1) is 6.54 Å². The highest BCUT2D eigenvalue weighted by Crippen LogP contribution is 2.15. The molecule has 0 aliphatic heterocycles. The maximum atomic E-state index is 11.1. The molecule has 1 atom stereocenters. The molecule has 8 heteroatoms. The van der Waals surface area contributed by atoms with E-state index in [0.29, 0.717) is 22.7 Å². The number of hydrogen-bond acceptors (Lipinski definition) is 6. The van der Waals surface area contributed by atoms with Crippen LogP contribution in [0.25, 0.3) is 11.4 Å². The zero-order chi connectivity index (χ0) is 19.2. The number of aliphatic hydroxyl groups is 1. The topological polar surface area (TPSA) is 116 Å². The van der Waals surface area contributed by atoms with Gasteiger partial charge in [-0.15, -0.1) is 10.2 Å². The fraction of sp³-hybridized carbons (Fsp3) is 0.263. The molecule has 3 N–H and O–H groups in total. The minimum atomic E-state index is -0.782. The third kappa shape index (κ3) is 4.89. The van der Waals surface area contributed by atoms with Crippen molar-refractivity contribution in [2.45, 2.75) is 26.0 Å². The molecular formula is C19H21N5O3. The number of aromatic nitrogens is 4. The van der Waals surface area contributed by atoms with Crippen LogP contribution in [0.15, 0.2) is 48.5 Å². The minimum Gasteiger partial charge on any atom is -0.491 e. The van der Waals surface area contributed by atoms with Crippen LogP contribution in [-0.2, 0) is 13.0 Å². The molecule has 8 nitrogen and oxygen atoms in total. The molecule has 27 heavy (non-hydrogen) atoms. The number of nitrogens with zero attached hydrogens (tertiary/aromatic N) is 4. The van der Waals surface area contributed by atoms with Crippen LogP contribution in [-0.4, -0.2) is 43.9 Å². The summed E-state index contributed by atoms with van der Waals surface area (Å²) in [4.78, 5) is 12.4. The quantitative estimate of drug-likeness (QED) is 0.622. The lowest BCUT2D eigenvalue weighted by Gasteiger charge is -2.11. The molecule has 0 aliphatic carbocycles. The van der Waals surface area contributed by atoms with E-state index in [1.54, 1.807) is 24.3 Å². The molecule has 1 amide bonds. The fourth-order valence-electron chi connectivity index (χ4n) is 2.47. The Balaban J connectivity index is 1.55. The van der Waals surface area contributed by atoms with Crippen LogP contribution >= 0.6 is 0 Å². The zero-order valence-corrected chi connectivity index (χ0v) is 14.9. The Morgan fingerprint density at radius 2 is 1.89 bits per heavy atom. The van der Waals surface area contributed by atoms with Gasteiger partial charge in [0.2, 0.25) is 11.7 Å². The lowest BCUT2D eigenvalue weighted by molar-refractivity contribution is 0.0850. The number of aliphatic hydroxyl groups excluding tert-OH is 1. The first kappa shape index (κ1) is 18.5. The van der Waals surface area contributed by atoms with Gasteiger partial charge in [-0.1, -0.05) is 31.2 Å². The summed E-state index contributed by atoms with van der Waals surface area (Å²) in [5.41, 5.74) is 7.56. The molecule has 0 saturated carbocycles. The van der Waals surface area contributed by atoms with Crippen LogP contribution in [0.4, 0.5) is 0 Å². The van der Waals surface area contributed by atoms with E-state index in [9.17, 15) is 9.90 Å². The van der Waals surface area contributed by atoms with Crippen LogP contribution in [0.5, 0.6) is 5.75 Å². The number of rotatable bonds is 8. The molecule has 3 aromatic rings. The number of benzene rings is 2. The second-order valence-corrected chi connectivity index (χ2v) is 6.07. The maximum absolute atomic E-state index is 11.1. The lowest BCUT2D eigenvalue weighted by atomic mass is 10.1. The van der Waals surface area contributed by atoms with Gasteiger partial charge in [0.1, 0.15) is 18.5 Å². The second kappa shape index (κ2) is 8.41. The van der Waals surface area contributed by atoms with E-state index in [-0.39, 0.29) is 13.2 Å². The van der Waals surface area contributed by atoms with E-state index in [0.717, 1.165) is 6.42 Å². The van der Waals surface area contributed by atoms with Crippen LogP contribution in [0, 0.1) is 0 Å². The summed E-state index contributed by atoms with van der Waals surface area (Å²) in [6.45, 7) is 2.36. The Hall–Kier alpha value is -3.26. The summed E-state index contributed by atoms with van der Waals surface area (Å²) in [6.07, 6.45) is 0.184. The number of tetrazole rings is 1. The van der Waals surface area contributed by atoms with E-state index < -0.39 is 12.0 Å². The number of primary amides is 1. The molecule has 0 aliphatic rings. The van der Waals surface area contributed by atoms with E-state index in [4.69, 9.17) is 10.5 Å². The summed E-state index contributed by atoms with van der Waals surface area (Å²) in [7, 11) is 0. The van der Waals surface area contributed by atoms with E-state index in [1.807, 2.05) is 24.3 Å². The molecule has 1 aromatic heterocycles. The van der Waals surface area contributed by atoms with E-state index in [2.05, 4.69) is 22.3 Å². The van der Waals surface area contributed by atoms with Crippen molar-refractivity contribution in [3.05, 3.63) is 59.7 Å². The normalized spacial score (nSPS) is 11.9. The Labute approximate surface area is 156 Å². The Bertz CT molecular complexity index is 890. The van der Waals surface area contributed by atoms with Crippen LogP contribution in [0.2, 0.25) is 0 Å². The van der Waals surface area contributed by atoms with Gasteiger partial charge in [-0.05, 0) is 41.5 Å². The molecule has 1 heterocycles. The highest BCUT2D eigenvalue weighted by atomic mass is 16.5. The van der Waals surface area contributed by atoms with Gasteiger partial charge in [0, 0.05) is 11.1 Å². The third-order valence-electron chi connectivity index (χ3n) is 4.03. The van der Waals surface area contributed by atoms with Gasteiger partial charge in [-0.2, -0.15) is 4.80 Å². The molecule has 3 rings (SSSR count). The highest BCUT2D eigenvalue weighted by molar-refractivity contribution is 5.93. The Morgan fingerprint density at radius 3 is 2.52 bits per heavy atom. The van der Waals surface area contributed by atoms with Crippen molar-refractivity contribution in [2.24, 2.45) is 5.73 Å². The first-order chi connectivity index (χ1) is 13.0. The largest absolute Gasteiger partial charge is 0.491 e. The Kier molecular flexibility index (Phi) is 5.77. The fourth-order valence-corrected chi connectivity index (χ4v) is 2.47. The van der Waals surface area contributed by atoms with E-state index in [1.165, 1.54) is 10.4 Å².